The maximum atomic E-state index is 12.3. The van der Waals surface area contributed by atoms with Crippen molar-refractivity contribution in [2.75, 3.05) is 18.8 Å². The van der Waals surface area contributed by atoms with Crippen molar-refractivity contribution in [2.24, 2.45) is 5.92 Å². The summed E-state index contributed by atoms with van der Waals surface area (Å²) in [4.78, 5) is 13.9. The van der Waals surface area contributed by atoms with Crippen LogP contribution in [0.25, 0.3) is 0 Å². The molecule has 0 aliphatic heterocycles. The van der Waals surface area contributed by atoms with Crippen molar-refractivity contribution in [3.63, 3.8) is 0 Å². The molecule has 0 saturated heterocycles. The summed E-state index contributed by atoms with van der Waals surface area (Å²) in [5.74, 6) is 0.106. The predicted molar refractivity (Wildman–Crippen MR) is 68.7 cm³/mol. The van der Waals surface area contributed by atoms with Crippen LogP contribution in [0.2, 0.25) is 0 Å². The topological polar surface area (TPSA) is 98.8 Å². The van der Waals surface area contributed by atoms with E-state index < -0.39 is 0 Å². The van der Waals surface area contributed by atoms with Crippen LogP contribution in [0.4, 0.5) is 5.69 Å². The van der Waals surface area contributed by atoms with Crippen molar-refractivity contribution in [1.82, 2.24) is 15.1 Å². The largest absolute Gasteiger partial charge is 0.395 e. The van der Waals surface area contributed by atoms with Gasteiger partial charge >= 0.3 is 0 Å². The van der Waals surface area contributed by atoms with Gasteiger partial charge in [-0.3, -0.25) is 9.89 Å². The number of aryl methyl sites for hydroxylation is 1. The van der Waals surface area contributed by atoms with Crippen LogP contribution in [-0.2, 0) is 0 Å². The van der Waals surface area contributed by atoms with E-state index in [9.17, 15) is 4.79 Å². The molecule has 0 unspecified atom stereocenters. The molecule has 0 atom stereocenters. The minimum Gasteiger partial charge on any atom is -0.395 e. The Morgan fingerprint density at radius 2 is 2.28 bits per heavy atom. The van der Waals surface area contributed by atoms with E-state index >= 15 is 0 Å². The number of nitrogen functional groups attached to an aromatic ring is 1. The van der Waals surface area contributed by atoms with Crippen LogP contribution in [0.1, 0.15) is 36.5 Å². The van der Waals surface area contributed by atoms with Gasteiger partial charge in [0.05, 0.1) is 23.9 Å². The van der Waals surface area contributed by atoms with E-state index in [1.165, 1.54) is 0 Å². The molecule has 6 heteroatoms. The lowest BCUT2D eigenvalue weighted by atomic mass is 10.2. The van der Waals surface area contributed by atoms with Crippen LogP contribution in [0.15, 0.2) is 0 Å². The monoisotopic (exact) mass is 249 g/mol. The maximum Gasteiger partial charge on any atom is 0.276 e. The lowest BCUT2D eigenvalue weighted by Crippen LogP contribution is -2.35. The van der Waals surface area contributed by atoms with Crippen molar-refractivity contribution >= 4 is 11.6 Å². The van der Waals surface area contributed by atoms with Crippen molar-refractivity contribution < 1.29 is 4.79 Å². The smallest absolute Gasteiger partial charge is 0.276 e. The highest BCUT2D eigenvalue weighted by molar-refractivity contribution is 5.97. The number of hydrogen-bond donors (Lipinski definition) is 2. The third kappa shape index (κ3) is 3.23. The van der Waals surface area contributed by atoms with Crippen LogP contribution in [-0.4, -0.2) is 34.1 Å². The molecule has 18 heavy (non-hydrogen) atoms. The average Bonchev–Trinajstić information content (AvgIpc) is 2.64. The van der Waals surface area contributed by atoms with Gasteiger partial charge < -0.3 is 10.6 Å². The summed E-state index contributed by atoms with van der Waals surface area (Å²) in [5, 5.41) is 15.2. The number of anilines is 1. The zero-order valence-electron chi connectivity index (χ0n) is 11.0. The zero-order valence-corrected chi connectivity index (χ0v) is 11.0. The first-order valence-corrected chi connectivity index (χ1v) is 5.94. The van der Waals surface area contributed by atoms with Crippen LogP contribution in [0, 0.1) is 24.2 Å². The first-order chi connectivity index (χ1) is 8.47. The number of aromatic amines is 1. The molecule has 1 aromatic heterocycles. The number of carbonyl (C=O) groups excluding carboxylic acids is 1. The van der Waals surface area contributed by atoms with Gasteiger partial charge in [-0.2, -0.15) is 10.4 Å². The van der Waals surface area contributed by atoms with Gasteiger partial charge in [0.1, 0.15) is 0 Å². The Hall–Kier alpha value is -2.03. The Kier molecular flexibility index (Phi) is 4.72. The number of nitrogens with one attached hydrogen (secondary N) is 1. The molecule has 0 aliphatic carbocycles. The van der Waals surface area contributed by atoms with Gasteiger partial charge in [-0.05, 0) is 12.8 Å². The summed E-state index contributed by atoms with van der Waals surface area (Å²) in [7, 11) is 0. The molecule has 98 valence electrons. The highest BCUT2D eigenvalue weighted by Crippen LogP contribution is 2.15. The number of carbonyl (C=O) groups is 1. The third-order valence-corrected chi connectivity index (χ3v) is 2.56. The second-order valence-corrected chi connectivity index (χ2v) is 4.66. The van der Waals surface area contributed by atoms with Crippen LogP contribution < -0.4 is 5.73 Å². The molecule has 0 aromatic carbocycles. The van der Waals surface area contributed by atoms with Crippen molar-refractivity contribution in [2.45, 2.75) is 27.2 Å². The molecule has 0 fully saturated rings. The number of nitrogens with two attached hydrogens (primary N) is 1. The Labute approximate surface area is 107 Å². The molecule has 1 amide bonds. The van der Waals surface area contributed by atoms with Gasteiger partial charge in [0, 0.05) is 13.1 Å². The van der Waals surface area contributed by atoms with Crippen LogP contribution in [0.3, 0.4) is 0 Å². The van der Waals surface area contributed by atoms with E-state index in [1.807, 2.05) is 19.9 Å². The number of amides is 1. The summed E-state index contributed by atoms with van der Waals surface area (Å²) in [6.07, 6.45) is 0.307. The second-order valence-electron chi connectivity index (χ2n) is 4.66. The van der Waals surface area contributed by atoms with Crippen molar-refractivity contribution in [3.8, 4) is 6.07 Å². The highest BCUT2D eigenvalue weighted by Gasteiger charge is 2.22. The molecule has 0 aliphatic rings. The lowest BCUT2D eigenvalue weighted by molar-refractivity contribution is 0.0735. The number of hydrogen-bond acceptors (Lipinski definition) is 4. The molecule has 1 heterocycles. The van der Waals surface area contributed by atoms with E-state index in [1.54, 1.807) is 11.8 Å². The molecule has 0 bridgehead atoms. The fourth-order valence-electron chi connectivity index (χ4n) is 1.65. The summed E-state index contributed by atoms with van der Waals surface area (Å²) in [6, 6.07) is 2.04. The minimum absolute atomic E-state index is 0.221. The first-order valence-electron chi connectivity index (χ1n) is 5.94. The fourth-order valence-corrected chi connectivity index (χ4v) is 1.65. The van der Waals surface area contributed by atoms with Gasteiger partial charge in [-0.25, -0.2) is 0 Å². The molecule has 0 saturated carbocycles. The number of H-pyrrole nitrogens is 1. The molecule has 0 spiro atoms. The number of aromatic nitrogens is 2. The molecule has 1 aromatic rings. The minimum atomic E-state index is -0.221. The molecule has 3 N–H and O–H groups in total. The van der Waals surface area contributed by atoms with E-state index in [0.717, 1.165) is 0 Å². The Morgan fingerprint density at radius 1 is 1.61 bits per heavy atom. The SMILES string of the molecule is Cc1[nH]nc(C(=O)N(CCC#N)CC(C)C)c1N. The van der Waals surface area contributed by atoms with Gasteiger partial charge in [-0.15, -0.1) is 0 Å². The highest BCUT2D eigenvalue weighted by atomic mass is 16.2. The lowest BCUT2D eigenvalue weighted by Gasteiger charge is -2.22. The Balaban J connectivity index is 2.88. The molecule has 1 rings (SSSR count). The van der Waals surface area contributed by atoms with E-state index in [4.69, 9.17) is 11.0 Å². The number of nitrogens with zero attached hydrogens (tertiary/aromatic N) is 3. The Bertz CT molecular complexity index is 458. The van der Waals surface area contributed by atoms with Gasteiger partial charge in [0.25, 0.3) is 5.91 Å². The van der Waals surface area contributed by atoms with Gasteiger partial charge in [0.15, 0.2) is 5.69 Å². The third-order valence-electron chi connectivity index (χ3n) is 2.56. The van der Waals surface area contributed by atoms with Crippen molar-refractivity contribution in [1.29, 1.82) is 5.26 Å². The molecule has 6 nitrogen and oxygen atoms in total. The first kappa shape index (κ1) is 14.0. The average molecular weight is 249 g/mol. The quantitative estimate of drug-likeness (QED) is 0.821. The molecular weight excluding hydrogens is 230 g/mol. The normalized spacial score (nSPS) is 10.4. The van der Waals surface area contributed by atoms with E-state index in [0.29, 0.717) is 36.8 Å². The van der Waals surface area contributed by atoms with Crippen molar-refractivity contribution in [3.05, 3.63) is 11.4 Å². The summed E-state index contributed by atoms with van der Waals surface area (Å²) >= 11 is 0. The predicted octanol–water partition coefficient (Wildman–Crippen LogP) is 1.31. The van der Waals surface area contributed by atoms with Gasteiger partial charge in [0.2, 0.25) is 0 Å². The van der Waals surface area contributed by atoms with Crippen LogP contribution in [0.5, 0.6) is 0 Å². The molecular formula is C12H19N5O. The Morgan fingerprint density at radius 3 is 2.72 bits per heavy atom. The maximum absolute atomic E-state index is 12.3. The zero-order chi connectivity index (χ0) is 13.7. The van der Waals surface area contributed by atoms with Gasteiger partial charge in [-0.1, -0.05) is 13.8 Å². The van der Waals surface area contributed by atoms with E-state index in [2.05, 4.69) is 10.2 Å². The summed E-state index contributed by atoms with van der Waals surface area (Å²) in [5.41, 5.74) is 7.10. The number of rotatable bonds is 5. The van der Waals surface area contributed by atoms with Crippen LogP contribution >= 0.6 is 0 Å². The fraction of sp³-hybridized carbons (Fsp3) is 0.583. The van der Waals surface area contributed by atoms with E-state index in [-0.39, 0.29) is 11.6 Å². The second kappa shape index (κ2) is 6.05. The summed E-state index contributed by atoms with van der Waals surface area (Å²) in [6.45, 7) is 6.80. The molecule has 0 radical (unpaired) electrons. The summed E-state index contributed by atoms with van der Waals surface area (Å²) < 4.78 is 0. The number of nitriles is 1. The standard InChI is InChI=1S/C12H19N5O/c1-8(2)7-17(6-4-5-13)12(18)11-10(14)9(3)15-16-11/h8H,4,6-7,14H2,1-3H3,(H,15,16).